The fourth-order valence-corrected chi connectivity index (χ4v) is 1.81. The molecule has 0 aliphatic heterocycles. The number of benzene rings is 1. The number of pyridine rings is 1. The van der Waals surface area contributed by atoms with E-state index >= 15 is 0 Å². The molecule has 2 aromatic rings. The van der Waals surface area contributed by atoms with Crippen molar-refractivity contribution in [2.75, 3.05) is 12.8 Å². The first kappa shape index (κ1) is 13.5. The van der Waals surface area contributed by atoms with E-state index in [2.05, 4.69) is 11.9 Å². The van der Waals surface area contributed by atoms with Crippen LogP contribution in [0, 0.1) is 0 Å². The molecule has 2 N–H and O–H groups in total. The highest BCUT2D eigenvalue weighted by Crippen LogP contribution is 2.34. The lowest BCUT2D eigenvalue weighted by Crippen LogP contribution is -1.97. The first-order valence-corrected chi connectivity index (χ1v) is 6.27. The fourth-order valence-electron chi connectivity index (χ4n) is 1.65. The smallest absolute Gasteiger partial charge is 0.242 e. The topological polar surface area (TPSA) is 57.4 Å². The van der Waals surface area contributed by atoms with Crippen LogP contribution in [-0.2, 0) is 6.42 Å². The molecule has 1 aromatic carbocycles. The summed E-state index contributed by atoms with van der Waals surface area (Å²) >= 11 is 5.80. The van der Waals surface area contributed by atoms with E-state index in [1.807, 2.05) is 18.2 Å². The standard InChI is InChI=1S/C14H15ClN2O2/c1-3-9-4-5-12(13(6-9)18-2)19-14-11(16)7-10(15)8-17-14/h4-8H,3,16H2,1-2H3. The maximum absolute atomic E-state index is 5.80. The van der Waals surface area contributed by atoms with E-state index < -0.39 is 0 Å². The summed E-state index contributed by atoms with van der Waals surface area (Å²) in [7, 11) is 1.60. The number of aromatic nitrogens is 1. The van der Waals surface area contributed by atoms with Gasteiger partial charge >= 0.3 is 0 Å². The predicted molar refractivity (Wildman–Crippen MR) is 76.1 cm³/mol. The molecule has 0 radical (unpaired) electrons. The number of nitrogens with two attached hydrogens (primary N) is 1. The molecule has 5 heteroatoms. The molecule has 0 aliphatic carbocycles. The van der Waals surface area contributed by atoms with E-state index in [9.17, 15) is 0 Å². The average molecular weight is 279 g/mol. The van der Waals surface area contributed by atoms with Crippen molar-refractivity contribution in [1.29, 1.82) is 0 Å². The zero-order valence-corrected chi connectivity index (χ0v) is 11.6. The number of anilines is 1. The Labute approximate surface area is 117 Å². The van der Waals surface area contributed by atoms with Crippen LogP contribution >= 0.6 is 11.6 Å². The van der Waals surface area contributed by atoms with Gasteiger partial charge in [0.2, 0.25) is 5.88 Å². The predicted octanol–water partition coefficient (Wildman–Crippen LogP) is 3.68. The molecule has 1 aromatic heterocycles. The third kappa shape index (κ3) is 3.09. The summed E-state index contributed by atoms with van der Waals surface area (Å²) in [4.78, 5) is 4.06. The summed E-state index contributed by atoms with van der Waals surface area (Å²) < 4.78 is 11.0. The summed E-state index contributed by atoms with van der Waals surface area (Å²) in [6.07, 6.45) is 2.41. The molecule has 0 saturated carbocycles. The van der Waals surface area contributed by atoms with Gasteiger partial charge in [-0.15, -0.1) is 0 Å². The molecule has 1 heterocycles. The number of nitrogens with zero attached hydrogens (tertiary/aromatic N) is 1. The molecule has 2 rings (SSSR count). The Bertz CT molecular complexity index is 588. The minimum absolute atomic E-state index is 0.312. The van der Waals surface area contributed by atoms with Crippen LogP contribution in [0.15, 0.2) is 30.5 Å². The molecule has 100 valence electrons. The van der Waals surface area contributed by atoms with Gasteiger partial charge in [-0.3, -0.25) is 0 Å². The van der Waals surface area contributed by atoms with Gasteiger partial charge in [0.25, 0.3) is 0 Å². The Hall–Kier alpha value is -1.94. The Morgan fingerprint density at radius 3 is 2.68 bits per heavy atom. The highest BCUT2D eigenvalue weighted by Gasteiger charge is 2.10. The Kier molecular flexibility index (Phi) is 4.12. The van der Waals surface area contributed by atoms with Crippen LogP contribution in [0.1, 0.15) is 12.5 Å². The van der Waals surface area contributed by atoms with E-state index in [-0.39, 0.29) is 0 Å². The average Bonchev–Trinajstić information content (AvgIpc) is 2.42. The number of halogens is 1. The molecule has 0 atom stereocenters. The second kappa shape index (κ2) is 5.80. The highest BCUT2D eigenvalue weighted by molar-refractivity contribution is 6.30. The van der Waals surface area contributed by atoms with Gasteiger partial charge in [0.1, 0.15) is 0 Å². The van der Waals surface area contributed by atoms with Crippen molar-refractivity contribution in [1.82, 2.24) is 4.98 Å². The van der Waals surface area contributed by atoms with Crippen molar-refractivity contribution in [3.8, 4) is 17.4 Å². The first-order valence-electron chi connectivity index (χ1n) is 5.89. The van der Waals surface area contributed by atoms with Gasteiger partial charge in [-0.1, -0.05) is 24.6 Å². The van der Waals surface area contributed by atoms with Crippen LogP contribution in [0.5, 0.6) is 17.4 Å². The van der Waals surface area contributed by atoms with Crippen molar-refractivity contribution in [2.24, 2.45) is 0 Å². The number of nitrogen functional groups attached to an aromatic ring is 1. The van der Waals surface area contributed by atoms with E-state index in [0.717, 1.165) is 6.42 Å². The monoisotopic (exact) mass is 278 g/mol. The fraction of sp³-hybridized carbons (Fsp3) is 0.214. The summed E-state index contributed by atoms with van der Waals surface area (Å²) in [6.45, 7) is 2.08. The van der Waals surface area contributed by atoms with E-state index in [1.54, 1.807) is 13.2 Å². The summed E-state index contributed by atoms with van der Waals surface area (Å²) in [5.74, 6) is 1.53. The number of rotatable bonds is 4. The molecular weight excluding hydrogens is 264 g/mol. The van der Waals surface area contributed by atoms with Gasteiger partial charge < -0.3 is 15.2 Å². The minimum atomic E-state index is 0.312. The first-order chi connectivity index (χ1) is 9.13. The number of methoxy groups -OCH3 is 1. The van der Waals surface area contributed by atoms with Gasteiger partial charge in [-0.25, -0.2) is 4.98 Å². The number of ether oxygens (including phenoxy) is 2. The van der Waals surface area contributed by atoms with Gasteiger partial charge in [0.15, 0.2) is 11.5 Å². The third-order valence-corrected chi connectivity index (χ3v) is 2.90. The largest absolute Gasteiger partial charge is 0.493 e. The molecule has 0 fully saturated rings. The third-order valence-electron chi connectivity index (χ3n) is 2.69. The number of hydrogen-bond acceptors (Lipinski definition) is 4. The Morgan fingerprint density at radius 1 is 1.26 bits per heavy atom. The summed E-state index contributed by atoms with van der Waals surface area (Å²) in [6, 6.07) is 7.34. The van der Waals surface area contributed by atoms with Crippen molar-refractivity contribution in [3.63, 3.8) is 0 Å². The van der Waals surface area contributed by atoms with Gasteiger partial charge in [-0.05, 0) is 30.2 Å². The van der Waals surface area contributed by atoms with Crippen LogP contribution in [-0.4, -0.2) is 12.1 Å². The molecule has 0 amide bonds. The number of aryl methyl sites for hydroxylation is 1. The van der Waals surface area contributed by atoms with Crippen LogP contribution in [0.25, 0.3) is 0 Å². The van der Waals surface area contributed by atoms with E-state index in [1.165, 1.54) is 11.8 Å². The van der Waals surface area contributed by atoms with Crippen LogP contribution in [0.3, 0.4) is 0 Å². The van der Waals surface area contributed by atoms with Crippen molar-refractivity contribution in [2.45, 2.75) is 13.3 Å². The van der Waals surface area contributed by atoms with Crippen molar-refractivity contribution >= 4 is 17.3 Å². The molecule has 0 spiro atoms. The van der Waals surface area contributed by atoms with Crippen LogP contribution in [0.2, 0.25) is 5.02 Å². The summed E-state index contributed by atoms with van der Waals surface area (Å²) in [5.41, 5.74) is 7.36. The molecule has 0 bridgehead atoms. The lowest BCUT2D eigenvalue weighted by molar-refractivity contribution is 0.374. The second-order valence-corrected chi connectivity index (χ2v) is 4.43. The van der Waals surface area contributed by atoms with E-state index in [0.29, 0.717) is 28.1 Å². The van der Waals surface area contributed by atoms with Gasteiger partial charge in [0.05, 0.1) is 17.8 Å². The highest BCUT2D eigenvalue weighted by atomic mass is 35.5. The molecule has 0 aliphatic rings. The quantitative estimate of drug-likeness (QED) is 0.927. The molecule has 0 unspecified atom stereocenters. The molecule has 4 nitrogen and oxygen atoms in total. The molecule has 19 heavy (non-hydrogen) atoms. The van der Waals surface area contributed by atoms with Crippen molar-refractivity contribution < 1.29 is 9.47 Å². The lowest BCUT2D eigenvalue weighted by Gasteiger charge is -2.12. The second-order valence-electron chi connectivity index (χ2n) is 3.99. The summed E-state index contributed by atoms with van der Waals surface area (Å²) in [5, 5.41) is 0.471. The normalized spacial score (nSPS) is 10.3. The van der Waals surface area contributed by atoms with Gasteiger partial charge in [-0.2, -0.15) is 0 Å². The number of hydrogen-bond donors (Lipinski definition) is 1. The SMILES string of the molecule is CCc1ccc(Oc2ncc(Cl)cc2N)c(OC)c1. The van der Waals surface area contributed by atoms with Gasteiger partial charge in [0, 0.05) is 6.20 Å². The maximum Gasteiger partial charge on any atom is 0.242 e. The van der Waals surface area contributed by atoms with Crippen molar-refractivity contribution in [3.05, 3.63) is 41.0 Å². The minimum Gasteiger partial charge on any atom is -0.493 e. The zero-order valence-electron chi connectivity index (χ0n) is 10.8. The van der Waals surface area contributed by atoms with Crippen LogP contribution < -0.4 is 15.2 Å². The molecule has 0 saturated heterocycles. The maximum atomic E-state index is 5.80. The lowest BCUT2D eigenvalue weighted by atomic mass is 10.1. The Balaban J connectivity index is 2.32. The van der Waals surface area contributed by atoms with E-state index in [4.69, 9.17) is 26.8 Å². The molecular formula is C14H15ClN2O2. The Morgan fingerprint density at radius 2 is 2.05 bits per heavy atom. The zero-order chi connectivity index (χ0) is 13.8. The van der Waals surface area contributed by atoms with Crippen LogP contribution in [0.4, 0.5) is 5.69 Å².